The number of carboxylic acid groups (broad SMARTS) is 1. The Hall–Kier alpha value is -2.64. The number of carbonyl (C=O) groups is 2. The van der Waals surface area contributed by atoms with E-state index in [1.165, 1.54) is 30.3 Å². The van der Waals surface area contributed by atoms with Crippen LogP contribution in [0.2, 0.25) is 5.02 Å². The third-order valence-electron chi connectivity index (χ3n) is 5.57. The topological polar surface area (TPSA) is 70.1 Å². The Morgan fingerprint density at radius 1 is 1.19 bits per heavy atom. The third-order valence-corrected chi connectivity index (χ3v) is 5.80. The first-order chi connectivity index (χ1) is 14.8. The maximum absolute atomic E-state index is 13.2. The van der Waals surface area contributed by atoms with Gasteiger partial charge in [0.25, 0.3) is 5.91 Å². The molecule has 1 saturated heterocycles. The van der Waals surface area contributed by atoms with Crippen LogP contribution in [0.15, 0.2) is 42.5 Å². The van der Waals surface area contributed by atoms with Crippen LogP contribution in [0.4, 0.5) is 4.39 Å². The molecule has 2 aromatic rings. The van der Waals surface area contributed by atoms with Gasteiger partial charge in [-0.1, -0.05) is 30.7 Å². The number of hydrogen-bond acceptors (Lipinski definition) is 4. The number of hydrogen-bond donors (Lipinski definition) is 1. The number of carboxylic acids is 1. The summed E-state index contributed by atoms with van der Waals surface area (Å²) in [5.41, 5.74) is 0.947. The molecule has 8 heteroatoms. The van der Waals surface area contributed by atoms with E-state index in [-0.39, 0.29) is 46.8 Å². The number of benzene rings is 2. The largest absolute Gasteiger partial charge is 0.483 e. The third kappa shape index (κ3) is 5.74. The minimum absolute atomic E-state index is 0.0384. The predicted octanol–water partition coefficient (Wildman–Crippen LogP) is 4.07. The SMILES string of the molecule is CC[C@H]1CN(C(=O)COc2ccc(Cl)cc2C(=O)O)[C@H](C)CN1Cc1ccc(F)cc1. The molecule has 3 rings (SSSR count). The maximum Gasteiger partial charge on any atom is 0.339 e. The molecular formula is C23H26ClFN2O4. The predicted molar refractivity (Wildman–Crippen MR) is 116 cm³/mol. The first kappa shape index (κ1) is 23.0. The molecule has 0 radical (unpaired) electrons. The molecular weight excluding hydrogens is 423 g/mol. The van der Waals surface area contributed by atoms with Crippen LogP contribution >= 0.6 is 11.6 Å². The second-order valence-electron chi connectivity index (χ2n) is 7.75. The summed E-state index contributed by atoms with van der Waals surface area (Å²) in [4.78, 5) is 28.4. The molecule has 0 aromatic heterocycles. The number of carbonyl (C=O) groups excluding carboxylic acids is 1. The zero-order chi connectivity index (χ0) is 22.5. The lowest BCUT2D eigenvalue weighted by atomic mass is 10.0. The number of ether oxygens (including phenoxy) is 1. The molecule has 2 aromatic carbocycles. The summed E-state index contributed by atoms with van der Waals surface area (Å²) in [6.45, 7) is 5.72. The van der Waals surface area contributed by atoms with E-state index < -0.39 is 5.97 Å². The van der Waals surface area contributed by atoms with Gasteiger partial charge in [0.05, 0.1) is 0 Å². The molecule has 1 aliphatic rings. The fraction of sp³-hybridized carbons (Fsp3) is 0.391. The van der Waals surface area contributed by atoms with Crippen LogP contribution in [0.25, 0.3) is 0 Å². The van der Waals surface area contributed by atoms with E-state index in [1.807, 2.05) is 6.92 Å². The molecule has 31 heavy (non-hydrogen) atoms. The molecule has 6 nitrogen and oxygen atoms in total. The molecule has 1 aliphatic heterocycles. The monoisotopic (exact) mass is 448 g/mol. The second kappa shape index (κ2) is 10.1. The van der Waals surface area contributed by atoms with Crippen molar-refractivity contribution in [2.45, 2.75) is 38.9 Å². The van der Waals surface area contributed by atoms with Crippen molar-refractivity contribution in [2.75, 3.05) is 19.7 Å². The smallest absolute Gasteiger partial charge is 0.339 e. The molecule has 2 atom stereocenters. The van der Waals surface area contributed by atoms with Gasteiger partial charge in [0, 0.05) is 36.7 Å². The summed E-state index contributed by atoms with van der Waals surface area (Å²) in [7, 11) is 0. The summed E-state index contributed by atoms with van der Waals surface area (Å²) >= 11 is 5.86. The summed E-state index contributed by atoms with van der Waals surface area (Å²) in [5, 5.41) is 9.60. The van der Waals surface area contributed by atoms with Crippen LogP contribution in [0.1, 0.15) is 36.2 Å². The van der Waals surface area contributed by atoms with Gasteiger partial charge in [-0.25, -0.2) is 9.18 Å². The molecule has 0 bridgehead atoms. The highest BCUT2D eigenvalue weighted by Crippen LogP contribution is 2.24. The van der Waals surface area contributed by atoms with E-state index >= 15 is 0 Å². The lowest BCUT2D eigenvalue weighted by molar-refractivity contribution is -0.139. The number of nitrogens with zero attached hydrogens (tertiary/aromatic N) is 2. The van der Waals surface area contributed by atoms with E-state index in [2.05, 4.69) is 11.8 Å². The Balaban J connectivity index is 1.64. The summed E-state index contributed by atoms with van der Waals surface area (Å²) in [6.07, 6.45) is 0.860. The zero-order valence-corrected chi connectivity index (χ0v) is 18.3. The number of rotatable bonds is 7. The van der Waals surface area contributed by atoms with Gasteiger partial charge in [-0.3, -0.25) is 9.69 Å². The minimum atomic E-state index is -1.17. The number of piperazine rings is 1. The molecule has 0 saturated carbocycles. The quantitative estimate of drug-likeness (QED) is 0.691. The highest BCUT2D eigenvalue weighted by atomic mass is 35.5. The van der Waals surface area contributed by atoms with Crippen LogP contribution in [-0.4, -0.2) is 58.6 Å². The fourth-order valence-electron chi connectivity index (χ4n) is 3.88. The molecule has 0 aliphatic carbocycles. The molecule has 0 unspecified atom stereocenters. The molecule has 166 valence electrons. The Bertz CT molecular complexity index is 938. The summed E-state index contributed by atoms with van der Waals surface area (Å²) in [5.74, 6) is -1.51. The van der Waals surface area contributed by atoms with Gasteiger partial charge in [-0.05, 0) is 49.2 Å². The van der Waals surface area contributed by atoms with E-state index in [9.17, 15) is 19.1 Å². The zero-order valence-electron chi connectivity index (χ0n) is 17.6. The maximum atomic E-state index is 13.2. The highest BCUT2D eigenvalue weighted by molar-refractivity contribution is 6.31. The minimum Gasteiger partial charge on any atom is -0.483 e. The number of aromatic carboxylic acids is 1. The first-order valence-corrected chi connectivity index (χ1v) is 10.6. The summed E-state index contributed by atoms with van der Waals surface area (Å²) < 4.78 is 18.7. The van der Waals surface area contributed by atoms with Crippen molar-refractivity contribution in [3.8, 4) is 5.75 Å². The van der Waals surface area contributed by atoms with Gasteiger partial charge in [0.1, 0.15) is 17.1 Å². The van der Waals surface area contributed by atoms with Crippen molar-refractivity contribution < 1.29 is 23.8 Å². The van der Waals surface area contributed by atoms with Gasteiger partial charge in [-0.15, -0.1) is 0 Å². The lowest BCUT2D eigenvalue weighted by Crippen LogP contribution is -2.59. The fourth-order valence-corrected chi connectivity index (χ4v) is 4.05. The van der Waals surface area contributed by atoms with E-state index in [0.717, 1.165) is 12.0 Å². The van der Waals surface area contributed by atoms with Crippen LogP contribution in [0.5, 0.6) is 5.75 Å². The van der Waals surface area contributed by atoms with Crippen LogP contribution in [0, 0.1) is 5.82 Å². The highest BCUT2D eigenvalue weighted by Gasteiger charge is 2.33. The molecule has 1 heterocycles. The Kier molecular flexibility index (Phi) is 7.51. The summed E-state index contributed by atoms with van der Waals surface area (Å²) in [6, 6.07) is 10.9. The van der Waals surface area contributed by atoms with Gasteiger partial charge < -0.3 is 14.7 Å². The first-order valence-electron chi connectivity index (χ1n) is 10.2. The van der Waals surface area contributed by atoms with E-state index in [1.54, 1.807) is 17.0 Å². The van der Waals surface area contributed by atoms with Crippen LogP contribution in [-0.2, 0) is 11.3 Å². The Morgan fingerprint density at radius 2 is 1.90 bits per heavy atom. The van der Waals surface area contributed by atoms with Crippen molar-refractivity contribution in [3.05, 3.63) is 64.4 Å². The average molecular weight is 449 g/mol. The lowest BCUT2D eigenvalue weighted by Gasteiger charge is -2.45. The van der Waals surface area contributed by atoms with Gasteiger partial charge >= 0.3 is 5.97 Å². The molecule has 1 amide bonds. The van der Waals surface area contributed by atoms with Crippen molar-refractivity contribution in [3.63, 3.8) is 0 Å². The molecule has 1 fully saturated rings. The van der Waals surface area contributed by atoms with Crippen LogP contribution < -0.4 is 4.74 Å². The normalized spacial score (nSPS) is 19.3. The van der Waals surface area contributed by atoms with Crippen molar-refractivity contribution >= 4 is 23.5 Å². The van der Waals surface area contributed by atoms with E-state index in [4.69, 9.17) is 16.3 Å². The molecule has 1 N–H and O–H groups in total. The molecule has 0 spiro atoms. The average Bonchev–Trinajstić information content (AvgIpc) is 2.74. The number of halogens is 2. The van der Waals surface area contributed by atoms with Gasteiger partial charge in [0.15, 0.2) is 6.61 Å². The van der Waals surface area contributed by atoms with Crippen molar-refractivity contribution in [1.29, 1.82) is 0 Å². The van der Waals surface area contributed by atoms with Gasteiger partial charge in [-0.2, -0.15) is 0 Å². The van der Waals surface area contributed by atoms with Crippen molar-refractivity contribution in [2.24, 2.45) is 0 Å². The van der Waals surface area contributed by atoms with Gasteiger partial charge in [0.2, 0.25) is 0 Å². The van der Waals surface area contributed by atoms with E-state index in [0.29, 0.717) is 19.6 Å². The Morgan fingerprint density at radius 3 is 2.55 bits per heavy atom. The Labute approximate surface area is 186 Å². The number of amides is 1. The van der Waals surface area contributed by atoms with Crippen LogP contribution in [0.3, 0.4) is 0 Å². The standard InChI is InChI=1S/C23H26ClFN2O4/c1-3-19-13-27(15(2)11-26(19)12-16-4-7-18(25)8-5-16)22(28)14-31-21-9-6-17(24)10-20(21)23(29)30/h4-10,15,19H,3,11-14H2,1-2H3,(H,29,30)/t15-,19+/m1/s1. The van der Waals surface area contributed by atoms with Crippen molar-refractivity contribution in [1.82, 2.24) is 9.80 Å². The second-order valence-corrected chi connectivity index (χ2v) is 8.18.